The number of nitrogens with zero attached hydrogens (tertiary/aromatic N) is 2. The summed E-state index contributed by atoms with van der Waals surface area (Å²) < 4.78 is 31.7. The minimum absolute atomic E-state index is 0.284. The van der Waals surface area contributed by atoms with E-state index in [4.69, 9.17) is 9.90 Å². The lowest BCUT2D eigenvalue weighted by Crippen LogP contribution is -2.47. The van der Waals surface area contributed by atoms with Crippen LogP contribution in [0.5, 0.6) is 5.75 Å². The van der Waals surface area contributed by atoms with Gasteiger partial charge in [-0.15, -0.1) is 0 Å². The summed E-state index contributed by atoms with van der Waals surface area (Å²) in [6.07, 6.45) is -3.19. The summed E-state index contributed by atoms with van der Waals surface area (Å²) >= 11 is 0. The second kappa shape index (κ2) is 8.62. The predicted octanol–water partition coefficient (Wildman–Crippen LogP) is 3.22. The van der Waals surface area contributed by atoms with Gasteiger partial charge in [-0.1, -0.05) is 12.1 Å². The average molecular weight is 422 g/mol. The second-order valence-electron chi connectivity index (χ2n) is 7.08. The number of H-pyrrole nitrogens is 1. The van der Waals surface area contributed by atoms with E-state index in [9.17, 15) is 18.3 Å². The topological polar surface area (TPSA) is 101 Å². The van der Waals surface area contributed by atoms with Crippen LogP contribution in [0.2, 0.25) is 0 Å². The maximum Gasteiger partial charge on any atom is 0.490 e. The zero-order valence-corrected chi connectivity index (χ0v) is 16.1. The van der Waals surface area contributed by atoms with Crippen LogP contribution in [0.4, 0.5) is 18.9 Å². The number of fused-ring (bicyclic) bond motifs is 1. The Balaban J connectivity index is 0.000000318. The average Bonchev–Trinajstić information content (AvgIpc) is 3.12. The van der Waals surface area contributed by atoms with E-state index in [-0.39, 0.29) is 5.75 Å². The van der Waals surface area contributed by atoms with Crippen LogP contribution in [0.15, 0.2) is 42.6 Å². The van der Waals surface area contributed by atoms with E-state index in [1.54, 1.807) is 12.1 Å². The van der Waals surface area contributed by atoms with Crippen molar-refractivity contribution in [2.45, 2.75) is 6.18 Å². The third kappa shape index (κ3) is 5.01. The Morgan fingerprint density at radius 2 is 1.83 bits per heavy atom. The maximum absolute atomic E-state index is 10.6. The van der Waals surface area contributed by atoms with Gasteiger partial charge in [0.2, 0.25) is 0 Å². The largest absolute Gasteiger partial charge is 0.508 e. The van der Waals surface area contributed by atoms with Crippen molar-refractivity contribution in [1.29, 1.82) is 0 Å². The van der Waals surface area contributed by atoms with Crippen molar-refractivity contribution in [3.8, 4) is 16.9 Å². The molecule has 1 aliphatic heterocycles. The number of benzene rings is 2. The number of aromatic hydroxyl groups is 1. The van der Waals surface area contributed by atoms with Gasteiger partial charge >= 0.3 is 12.1 Å². The number of carboxylic acids is 1. The Kier molecular flexibility index (Phi) is 6.16. The van der Waals surface area contributed by atoms with E-state index in [0.717, 1.165) is 41.7 Å². The lowest BCUT2D eigenvalue weighted by molar-refractivity contribution is -0.192. The van der Waals surface area contributed by atoms with Crippen LogP contribution in [0, 0.1) is 5.92 Å². The molecule has 0 aliphatic carbocycles. The Labute approximate surface area is 170 Å². The van der Waals surface area contributed by atoms with Gasteiger partial charge in [0.15, 0.2) is 0 Å². The molecule has 0 saturated carbocycles. The number of hydrogen-bond acceptors (Lipinski definition) is 5. The molecule has 0 bridgehead atoms. The number of phenolic OH excluding ortho intramolecular Hbond substituents is 1. The third-order valence-corrected chi connectivity index (χ3v) is 4.79. The van der Waals surface area contributed by atoms with E-state index in [1.807, 2.05) is 18.3 Å². The molecule has 0 atom stereocenters. The van der Waals surface area contributed by atoms with Gasteiger partial charge in [-0.2, -0.15) is 18.3 Å². The van der Waals surface area contributed by atoms with E-state index in [2.05, 4.69) is 39.6 Å². The zero-order chi connectivity index (χ0) is 21.9. The third-order valence-electron chi connectivity index (χ3n) is 4.79. The van der Waals surface area contributed by atoms with Gasteiger partial charge in [-0.05, 0) is 35.4 Å². The van der Waals surface area contributed by atoms with Crippen molar-refractivity contribution in [2.24, 2.45) is 5.92 Å². The summed E-state index contributed by atoms with van der Waals surface area (Å²) in [5, 5.41) is 28.4. The standard InChI is InChI=1S/C18H20N4O.C2HF3O2/c1-22(11-12-8-19-9-12)18-7-14(6-17-16(18)10-20-21-17)13-2-4-15(23)5-3-13;3-2(4,5)1(6)7/h2-7,10,12,19,23H,8-9,11H2,1H3,(H,20,21);(H,6,7). The fourth-order valence-corrected chi connectivity index (χ4v) is 3.13. The van der Waals surface area contributed by atoms with Crippen molar-refractivity contribution in [3.63, 3.8) is 0 Å². The number of aliphatic carboxylic acids is 1. The van der Waals surface area contributed by atoms with Crippen molar-refractivity contribution >= 4 is 22.6 Å². The minimum Gasteiger partial charge on any atom is -0.508 e. The summed E-state index contributed by atoms with van der Waals surface area (Å²) in [4.78, 5) is 11.2. The number of alkyl halides is 3. The molecule has 0 amide bonds. The second-order valence-corrected chi connectivity index (χ2v) is 7.08. The van der Waals surface area contributed by atoms with E-state index in [1.165, 1.54) is 5.69 Å². The first kappa shape index (κ1) is 21.4. The number of hydrogen-bond donors (Lipinski definition) is 4. The number of carbonyl (C=O) groups is 1. The molecule has 10 heteroatoms. The molecule has 0 spiro atoms. The normalized spacial score (nSPS) is 14.0. The molecule has 1 aromatic heterocycles. The zero-order valence-electron chi connectivity index (χ0n) is 16.1. The molecule has 7 nitrogen and oxygen atoms in total. The summed E-state index contributed by atoms with van der Waals surface area (Å²) in [6.45, 7) is 3.22. The van der Waals surface area contributed by atoms with Gasteiger partial charge in [0, 0.05) is 43.7 Å². The highest BCUT2D eigenvalue weighted by Crippen LogP contribution is 2.33. The first-order valence-corrected chi connectivity index (χ1v) is 9.13. The molecule has 2 heterocycles. The quantitative estimate of drug-likeness (QED) is 0.515. The molecule has 3 aromatic rings. The van der Waals surface area contributed by atoms with Crippen LogP contribution < -0.4 is 10.2 Å². The number of aromatic amines is 1. The number of anilines is 1. The number of phenols is 1. The van der Waals surface area contributed by atoms with Crippen LogP contribution in [0.25, 0.3) is 22.0 Å². The van der Waals surface area contributed by atoms with Crippen molar-refractivity contribution < 1.29 is 28.2 Å². The molecule has 4 N–H and O–H groups in total. The van der Waals surface area contributed by atoms with Crippen LogP contribution in [-0.4, -0.2) is 59.2 Å². The number of aromatic nitrogens is 2. The molecular weight excluding hydrogens is 401 g/mol. The van der Waals surface area contributed by atoms with Crippen LogP contribution in [-0.2, 0) is 4.79 Å². The number of carboxylic acid groups (broad SMARTS) is 1. The van der Waals surface area contributed by atoms with Gasteiger partial charge in [-0.25, -0.2) is 4.79 Å². The predicted molar refractivity (Wildman–Crippen MR) is 107 cm³/mol. The number of nitrogens with one attached hydrogen (secondary N) is 2. The summed E-state index contributed by atoms with van der Waals surface area (Å²) in [5.41, 5.74) is 4.42. The lowest BCUT2D eigenvalue weighted by Gasteiger charge is -2.32. The molecule has 160 valence electrons. The van der Waals surface area contributed by atoms with Gasteiger partial charge < -0.3 is 20.4 Å². The Morgan fingerprint density at radius 1 is 1.20 bits per heavy atom. The van der Waals surface area contributed by atoms with E-state index >= 15 is 0 Å². The lowest BCUT2D eigenvalue weighted by atomic mass is 10.0. The van der Waals surface area contributed by atoms with Crippen molar-refractivity contribution in [1.82, 2.24) is 15.5 Å². The van der Waals surface area contributed by atoms with Crippen molar-refractivity contribution in [2.75, 3.05) is 31.6 Å². The molecule has 1 saturated heterocycles. The first-order chi connectivity index (χ1) is 14.1. The molecule has 0 radical (unpaired) electrons. The highest BCUT2D eigenvalue weighted by molar-refractivity contribution is 5.95. The van der Waals surface area contributed by atoms with Crippen LogP contribution in [0.3, 0.4) is 0 Å². The minimum atomic E-state index is -5.08. The first-order valence-electron chi connectivity index (χ1n) is 9.13. The summed E-state index contributed by atoms with van der Waals surface area (Å²) in [6, 6.07) is 11.6. The van der Waals surface area contributed by atoms with Crippen LogP contribution in [0.1, 0.15) is 0 Å². The smallest absolute Gasteiger partial charge is 0.490 e. The molecule has 0 unspecified atom stereocenters. The molecule has 4 rings (SSSR count). The summed E-state index contributed by atoms with van der Waals surface area (Å²) in [7, 11) is 2.14. The van der Waals surface area contributed by atoms with Crippen LogP contribution >= 0.6 is 0 Å². The van der Waals surface area contributed by atoms with E-state index in [0.29, 0.717) is 5.92 Å². The van der Waals surface area contributed by atoms with Gasteiger partial charge in [0.05, 0.1) is 11.7 Å². The number of halogens is 3. The fourth-order valence-electron chi connectivity index (χ4n) is 3.13. The van der Waals surface area contributed by atoms with E-state index < -0.39 is 12.1 Å². The van der Waals surface area contributed by atoms with Gasteiger partial charge in [-0.3, -0.25) is 5.10 Å². The molecule has 30 heavy (non-hydrogen) atoms. The molecule has 1 fully saturated rings. The summed E-state index contributed by atoms with van der Waals surface area (Å²) in [5.74, 6) is -1.77. The van der Waals surface area contributed by atoms with Crippen molar-refractivity contribution in [3.05, 3.63) is 42.6 Å². The number of rotatable bonds is 4. The van der Waals surface area contributed by atoms with Gasteiger partial charge in [0.25, 0.3) is 0 Å². The Bertz CT molecular complexity index is 1010. The molecule has 1 aliphatic rings. The maximum atomic E-state index is 10.6. The SMILES string of the molecule is CN(CC1CNC1)c1cc(-c2ccc(O)cc2)cc2[nH]ncc12.O=C(O)C(F)(F)F. The Hall–Kier alpha value is -3.27. The Morgan fingerprint density at radius 3 is 2.37 bits per heavy atom. The fraction of sp³-hybridized carbons (Fsp3) is 0.300. The highest BCUT2D eigenvalue weighted by Gasteiger charge is 2.38. The monoisotopic (exact) mass is 422 g/mol. The molecule has 2 aromatic carbocycles. The highest BCUT2D eigenvalue weighted by atomic mass is 19.4. The molecular formula is C20H21F3N4O3. The van der Waals surface area contributed by atoms with Gasteiger partial charge in [0.1, 0.15) is 5.75 Å².